The van der Waals surface area contributed by atoms with Crippen LogP contribution in [-0.4, -0.2) is 10.5 Å². The molecule has 0 radical (unpaired) electrons. The van der Waals surface area contributed by atoms with Crippen molar-refractivity contribution >= 4 is 44.5 Å². The summed E-state index contributed by atoms with van der Waals surface area (Å²) in [5.41, 5.74) is 5.29. The Kier molecular flexibility index (Phi) is 3.26. The molecule has 2 nitrogen and oxygen atoms in total. The first-order valence-electron chi connectivity index (χ1n) is 7.14. The molecule has 23 heavy (non-hydrogen) atoms. The van der Waals surface area contributed by atoms with E-state index in [4.69, 9.17) is 23.2 Å². The molecule has 0 amide bonds. The summed E-state index contributed by atoms with van der Waals surface area (Å²) in [6.45, 7) is 0. The molecule has 0 saturated carbocycles. The topological polar surface area (TPSA) is 34.1 Å². The van der Waals surface area contributed by atoms with E-state index in [1.54, 1.807) is 12.1 Å². The summed E-state index contributed by atoms with van der Waals surface area (Å²) in [5.74, 6) is 0. The van der Waals surface area contributed by atoms with Crippen LogP contribution in [0.1, 0.15) is 31.8 Å². The summed E-state index contributed by atoms with van der Waals surface area (Å²) in [6, 6.07) is 15.0. The quantitative estimate of drug-likeness (QED) is 0.472. The second-order valence-corrected chi connectivity index (χ2v) is 6.28. The lowest BCUT2D eigenvalue weighted by Crippen LogP contribution is -2.04. The molecule has 3 aromatic rings. The number of rotatable bonds is 2. The van der Waals surface area contributed by atoms with Crippen LogP contribution in [0.2, 0.25) is 0 Å². The average molecular weight is 341 g/mol. The number of halogens is 2. The van der Waals surface area contributed by atoms with Crippen LogP contribution in [0.5, 0.6) is 0 Å². The maximum absolute atomic E-state index is 11.7. The van der Waals surface area contributed by atoms with Crippen LogP contribution >= 0.6 is 23.2 Å². The summed E-state index contributed by atoms with van der Waals surface area (Å²) >= 11 is 11.3. The minimum Gasteiger partial charge on any atom is -0.276 e. The predicted molar refractivity (Wildman–Crippen MR) is 92.6 cm³/mol. The first-order valence-corrected chi connectivity index (χ1v) is 7.89. The van der Waals surface area contributed by atoms with E-state index in [-0.39, 0.29) is 0 Å². The van der Waals surface area contributed by atoms with Crippen LogP contribution in [0.25, 0.3) is 21.9 Å². The van der Waals surface area contributed by atoms with E-state index in [1.807, 2.05) is 36.4 Å². The van der Waals surface area contributed by atoms with Gasteiger partial charge in [-0.05, 0) is 80.8 Å². The van der Waals surface area contributed by atoms with Gasteiger partial charge in [0, 0.05) is 11.1 Å². The van der Waals surface area contributed by atoms with Crippen LogP contribution in [0, 0.1) is 0 Å². The Morgan fingerprint density at radius 1 is 0.826 bits per heavy atom. The highest BCUT2D eigenvalue weighted by atomic mass is 35.5. The minimum absolute atomic E-state index is 0.456. The summed E-state index contributed by atoms with van der Waals surface area (Å²) in [7, 11) is 0. The second kappa shape index (κ2) is 5.19. The summed E-state index contributed by atoms with van der Waals surface area (Å²) in [5, 5.41) is 1.00. The molecule has 0 atom stereocenters. The Hall–Kier alpha value is -2.16. The largest absolute Gasteiger partial charge is 0.276 e. The van der Waals surface area contributed by atoms with Gasteiger partial charge < -0.3 is 0 Å². The highest BCUT2D eigenvalue weighted by Gasteiger charge is 2.21. The maximum atomic E-state index is 11.7. The fourth-order valence-corrected chi connectivity index (χ4v) is 3.64. The minimum atomic E-state index is -0.458. The smallest absolute Gasteiger partial charge is 0.253 e. The fraction of sp³-hybridized carbons (Fsp3) is 0.0526. The van der Waals surface area contributed by atoms with Crippen molar-refractivity contribution in [2.24, 2.45) is 0 Å². The molecule has 1 aliphatic carbocycles. The van der Waals surface area contributed by atoms with Gasteiger partial charge in [0.15, 0.2) is 0 Å². The molecule has 1 aliphatic rings. The van der Waals surface area contributed by atoms with Gasteiger partial charge in [-0.25, -0.2) is 0 Å². The molecule has 0 spiro atoms. The second-order valence-electron chi connectivity index (χ2n) is 5.60. The van der Waals surface area contributed by atoms with E-state index in [0.29, 0.717) is 17.5 Å². The van der Waals surface area contributed by atoms with Crippen LogP contribution in [-0.2, 0) is 6.42 Å². The summed E-state index contributed by atoms with van der Waals surface area (Å²) in [4.78, 5) is 23.1. The molecule has 0 heterocycles. The molecule has 4 heteroatoms. The van der Waals surface area contributed by atoms with Gasteiger partial charge in [-0.1, -0.05) is 30.3 Å². The Bertz CT molecular complexity index is 1010. The zero-order chi connectivity index (χ0) is 16.1. The molecule has 0 aliphatic heterocycles. The van der Waals surface area contributed by atoms with Gasteiger partial charge in [0.05, 0.1) is 0 Å². The van der Waals surface area contributed by atoms with E-state index >= 15 is 0 Å². The van der Waals surface area contributed by atoms with Crippen molar-refractivity contribution in [2.45, 2.75) is 6.42 Å². The van der Waals surface area contributed by atoms with Crippen molar-refractivity contribution in [3.8, 4) is 11.1 Å². The van der Waals surface area contributed by atoms with Crippen molar-refractivity contribution < 1.29 is 9.59 Å². The van der Waals surface area contributed by atoms with E-state index in [0.717, 1.165) is 33.0 Å². The lowest BCUT2D eigenvalue weighted by atomic mass is 9.82. The predicted octanol–water partition coefficient (Wildman–Crippen LogP) is 5.17. The van der Waals surface area contributed by atoms with Crippen LogP contribution < -0.4 is 0 Å². The number of hydrogen-bond acceptors (Lipinski definition) is 2. The van der Waals surface area contributed by atoms with Gasteiger partial charge in [0.25, 0.3) is 10.5 Å². The molecular weight excluding hydrogens is 331 g/mol. The number of carbonyl (C=O) groups excluding carboxylic acids is 2. The SMILES string of the molecule is O=C(Cl)c1ccc2c(c1)Cc1ccc(C(=O)Cl)c3cccc-2c13. The zero-order valence-corrected chi connectivity index (χ0v) is 13.4. The Morgan fingerprint density at radius 3 is 2.39 bits per heavy atom. The molecule has 0 fully saturated rings. The Morgan fingerprint density at radius 2 is 1.65 bits per heavy atom. The van der Waals surface area contributed by atoms with Crippen molar-refractivity contribution in [3.63, 3.8) is 0 Å². The molecule has 3 aromatic carbocycles. The molecule has 0 bridgehead atoms. The molecular formula is C19H10Cl2O2. The average Bonchev–Trinajstić information content (AvgIpc) is 2.54. The lowest BCUT2D eigenvalue weighted by Gasteiger charge is -2.22. The molecule has 0 unspecified atom stereocenters. The normalized spacial score (nSPS) is 12.1. The molecule has 0 saturated heterocycles. The van der Waals surface area contributed by atoms with Gasteiger partial charge in [0.1, 0.15) is 0 Å². The highest BCUT2D eigenvalue weighted by Crippen LogP contribution is 2.41. The van der Waals surface area contributed by atoms with Gasteiger partial charge in [-0.2, -0.15) is 0 Å². The monoisotopic (exact) mass is 340 g/mol. The maximum Gasteiger partial charge on any atom is 0.253 e. The number of hydrogen-bond donors (Lipinski definition) is 0. The highest BCUT2D eigenvalue weighted by molar-refractivity contribution is 6.68. The lowest BCUT2D eigenvalue weighted by molar-refractivity contribution is 0.107. The summed E-state index contributed by atoms with van der Waals surface area (Å²) < 4.78 is 0. The number of carbonyl (C=O) groups is 2. The van der Waals surface area contributed by atoms with E-state index in [1.165, 1.54) is 0 Å². The van der Waals surface area contributed by atoms with Crippen molar-refractivity contribution in [1.29, 1.82) is 0 Å². The fourth-order valence-electron chi connectivity index (χ4n) is 3.35. The van der Waals surface area contributed by atoms with Crippen molar-refractivity contribution in [2.75, 3.05) is 0 Å². The van der Waals surface area contributed by atoms with Gasteiger partial charge in [-0.15, -0.1) is 0 Å². The third-order valence-corrected chi connectivity index (χ3v) is 4.76. The first kappa shape index (κ1) is 14.4. The van der Waals surface area contributed by atoms with Crippen molar-refractivity contribution in [3.05, 3.63) is 70.8 Å². The molecule has 112 valence electrons. The van der Waals surface area contributed by atoms with Crippen LogP contribution in [0.3, 0.4) is 0 Å². The van der Waals surface area contributed by atoms with E-state index in [2.05, 4.69) is 0 Å². The molecule has 4 rings (SSSR count). The van der Waals surface area contributed by atoms with Crippen LogP contribution in [0.15, 0.2) is 48.5 Å². The molecule has 0 aromatic heterocycles. The first-order chi connectivity index (χ1) is 11.1. The standard InChI is InChI=1S/C19H10Cl2O2/c20-18(22)11-5-6-13-12(9-11)8-10-4-7-16(19(21)23)15-3-1-2-14(13)17(10)15/h1-7,9H,8H2. The summed E-state index contributed by atoms with van der Waals surface area (Å²) in [6.07, 6.45) is 0.692. The number of benzene rings is 3. The van der Waals surface area contributed by atoms with Gasteiger partial charge in [0.2, 0.25) is 0 Å². The van der Waals surface area contributed by atoms with Crippen molar-refractivity contribution in [1.82, 2.24) is 0 Å². The van der Waals surface area contributed by atoms with Gasteiger partial charge >= 0.3 is 0 Å². The third kappa shape index (κ3) is 2.18. The third-order valence-electron chi connectivity index (χ3n) is 4.34. The Labute approximate surface area is 142 Å². The Balaban J connectivity index is 2.06. The van der Waals surface area contributed by atoms with Gasteiger partial charge in [-0.3, -0.25) is 9.59 Å². The zero-order valence-electron chi connectivity index (χ0n) is 11.9. The van der Waals surface area contributed by atoms with Crippen LogP contribution in [0.4, 0.5) is 0 Å². The van der Waals surface area contributed by atoms with E-state index in [9.17, 15) is 9.59 Å². The molecule has 0 N–H and O–H groups in total. The number of fused-ring (bicyclic) bond motifs is 2. The van der Waals surface area contributed by atoms with E-state index < -0.39 is 10.5 Å².